The van der Waals surface area contributed by atoms with Crippen molar-refractivity contribution in [2.45, 2.75) is 19.5 Å². The zero-order valence-corrected chi connectivity index (χ0v) is 16.4. The number of aromatic nitrogens is 1. The van der Waals surface area contributed by atoms with Crippen molar-refractivity contribution in [3.05, 3.63) is 54.0 Å². The van der Waals surface area contributed by atoms with Crippen molar-refractivity contribution in [3.8, 4) is 11.6 Å². The van der Waals surface area contributed by atoms with Gasteiger partial charge in [0.2, 0.25) is 5.88 Å². The number of halogens is 2. The number of rotatable bonds is 7. The largest absolute Gasteiger partial charge is 0.439 e. The van der Waals surface area contributed by atoms with Crippen molar-refractivity contribution < 1.29 is 13.9 Å². The van der Waals surface area contributed by atoms with Crippen LogP contribution in [0.4, 0.5) is 4.39 Å². The Bertz CT molecular complexity index is 683. The predicted molar refractivity (Wildman–Crippen MR) is 106 cm³/mol. The Balaban J connectivity index is 0.00000312. The average Bonchev–Trinajstić information content (AvgIpc) is 2.54. The van der Waals surface area contributed by atoms with E-state index in [0.29, 0.717) is 30.7 Å². The molecule has 1 heterocycles. The molecule has 0 spiro atoms. The topological polar surface area (TPSA) is 81.8 Å². The standard InChI is InChI=1S/C17H21FN4O2.HI/c1-12(11-23-2)22-17(19)21-10-13-6-7-16(20-9-13)24-15-5-3-4-14(18)8-15;/h3-9,12H,10-11H2,1-2H3,(H3,19,21,22);1H. The summed E-state index contributed by atoms with van der Waals surface area (Å²) in [5.74, 6) is 0.769. The van der Waals surface area contributed by atoms with Gasteiger partial charge in [-0.3, -0.25) is 0 Å². The lowest BCUT2D eigenvalue weighted by Gasteiger charge is -2.13. The highest BCUT2D eigenvalue weighted by molar-refractivity contribution is 14.0. The monoisotopic (exact) mass is 460 g/mol. The molecule has 0 aliphatic carbocycles. The van der Waals surface area contributed by atoms with E-state index in [4.69, 9.17) is 15.2 Å². The Hall–Kier alpha value is -1.94. The number of pyridine rings is 1. The Labute approximate surface area is 163 Å². The first kappa shape index (κ1) is 21.1. The number of aliphatic imine (C=N–C) groups is 1. The Morgan fingerprint density at radius 1 is 1.36 bits per heavy atom. The molecule has 0 bridgehead atoms. The highest BCUT2D eigenvalue weighted by Crippen LogP contribution is 2.20. The lowest BCUT2D eigenvalue weighted by Crippen LogP contribution is -2.40. The van der Waals surface area contributed by atoms with E-state index >= 15 is 0 Å². The third-order valence-electron chi connectivity index (χ3n) is 3.06. The summed E-state index contributed by atoms with van der Waals surface area (Å²) in [5.41, 5.74) is 6.68. The number of nitrogens with two attached hydrogens (primary N) is 1. The van der Waals surface area contributed by atoms with Gasteiger partial charge in [-0.15, -0.1) is 24.0 Å². The van der Waals surface area contributed by atoms with E-state index in [2.05, 4.69) is 15.3 Å². The normalized spacial score (nSPS) is 12.2. The third-order valence-corrected chi connectivity index (χ3v) is 3.06. The lowest BCUT2D eigenvalue weighted by molar-refractivity contribution is 0.179. The summed E-state index contributed by atoms with van der Waals surface area (Å²) in [4.78, 5) is 8.42. The molecule has 1 atom stereocenters. The van der Waals surface area contributed by atoms with Gasteiger partial charge >= 0.3 is 0 Å². The minimum atomic E-state index is -0.357. The molecule has 1 aromatic carbocycles. The molecular formula is C17H22FIN4O2. The molecule has 2 aromatic rings. The van der Waals surface area contributed by atoms with Crippen molar-refractivity contribution in [1.29, 1.82) is 0 Å². The van der Waals surface area contributed by atoms with Gasteiger partial charge in [0.15, 0.2) is 5.96 Å². The second-order valence-corrected chi connectivity index (χ2v) is 5.27. The molecule has 6 nitrogen and oxygen atoms in total. The summed E-state index contributed by atoms with van der Waals surface area (Å²) in [7, 11) is 1.63. The van der Waals surface area contributed by atoms with Gasteiger partial charge in [-0.25, -0.2) is 14.4 Å². The molecule has 25 heavy (non-hydrogen) atoms. The maximum Gasteiger partial charge on any atom is 0.219 e. The number of hydrogen-bond donors (Lipinski definition) is 2. The van der Waals surface area contributed by atoms with E-state index in [1.54, 1.807) is 31.5 Å². The molecule has 0 amide bonds. The molecule has 1 aromatic heterocycles. The lowest BCUT2D eigenvalue weighted by atomic mass is 10.3. The highest BCUT2D eigenvalue weighted by Gasteiger charge is 2.03. The molecule has 3 N–H and O–H groups in total. The van der Waals surface area contributed by atoms with E-state index in [1.807, 2.05) is 13.0 Å². The van der Waals surface area contributed by atoms with Crippen molar-refractivity contribution in [2.24, 2.45) is 10.7 Å². The number of nitrogens with one attached hydrogen (secondary N) is 1. The fraction of sp³-hybridized carbons (Fsp3) is 0.294. The summed E-state index contributed by atoms with van der Waals surface area (Å²) in [6, 6.07) is 9.51. The molecule has 0 radical (unpaired) electrons. The summed E-state index contributed by atoms with van der Waals surface area (Å²) < 4.78 is 23.6. The second kappa shape index (κ2) is 10.8. The summed E-state index contributed by atoms with van der Waals surface area (Å²) in [6.07, 6.45) is 1.64. The average molecular weight is 460 g/mol. The quantitative estimate of drug-likeness (QED) is 0.377. The molecule has 2 rings (SSSR count). The van der Waals surface area contributed by atoms with Crippen LogP contribution in [0.2, 0.25) is 0 Å². The van der Waals surface area contributed by atoms with Gasteiger partial charge in [0.1, 0.15) is 11.6 Å². The fourth-order valence-corrected chi connectivity index (χ4v) is 1.98. The first-order valence-corrected chi connectivity index (χ1v) is 7.50. The minimum Gasteiger partial charge on any atom is -0.439 e. The Kier molecular flexibility index (Phi) is 9.14. The molecule has 136 valence electrons. The molecule has 8 heteroatoms. The minimum absolute atomic E-state index is 0. The summed E-state index contributed by atoms with van der Waals surface area (Å²) in [5, 5.41) is 3.02. The summed E-state index contributed by atoms with van der Waals surface area (Å²) in [6.45, 7) is 2.89. The van der Waals surface area contributed by atoms with Gasteiger partial charge in [0.25, 0.3) is 0 Å². The van der Waals surface area contributed by atoms with Crippen LogP contribution in [0.25, 0.3) is 0 Å². The van der Waals surface area contributed by atoms with E-state index in [1.165, 1.54) is 12.1 Å². The Morgan fingerprint density at radius 3 is 2.80 bits per heavy atom. The van der Waals surface area contributed by atoms with Crippen LogP contribution >= 0.6 is 24.0 Å². The van der Waals surface area contributed by atoms with Gasteiger partial charge in [0, 0.05) is 31.5 Å². The van der Waals surface area contributed by atoms with Crippen molar-refractivity contribution in [3.63, 3.8) is 0 Å². The van der Waals surface area contributed by atoms with Crippen LogP contribution in [-0.4, -0.2) is 30.7 Å². The van der Waals surface area contributed by atoms with Crippen LogP contribution < -0.4 is 15.8 Å². The fourth-order valence-electron chi connectivity index (χ4n) is 1.98. The van der Waals surface area contributed by atoms with Crippen LogP contribution in [0.3, 0.4) is 0 Å². The zero-order valence-electron chi connectivity index (χ0n) is 14.1. The first-order chi connectivity index (χ1) is 11.6. The van der Waals surface area contributed by atoms with Crippen LogP contribution in [0.15, 0.2) is 47.6 Å². The number of nitrogens with zero attached hydrogens (tertiary/aromatic N) is 2. The number of hydrogen-bond acceptors (Lipinski definition) is 4. The van der Waals surface area contributed by atoms with Crippen LogP contribution in [0.5, 0.6) is 11.6 Å². The van der Waals surface area contributed by atoms with E-state index < -0.39 is 0 Å². The van der Waals surface area contributed by atoms with Crippen LogP contribution in [0, 0.1) is 5.82 Å². The molecule has 0 aliphatic heterocycles. The van der Waals surface area contributed by atoms with E-state index in [-0.39, 0.29) is 35.8 Å². The smallest absolute Gasteiger partial charge is 0.219 e. The molecule has 0 saturated heterocycles. The predicted octanol–water partition coefficient (Wildman–Crippen LogP) is 3.07. The summed E-state index contributed by atoms with van der Waals surface area (Å²) >= 11 is 0. The van der Waals surface area contributed by atoms with Crippen molar-refractivity contribution >= 4 is 29.9 Å². The number of ether oxygens (including phenoxy) is 2. The molecular weight excluding hydrogens is 438 g/mol. The first-order valence-electron chi connectivity index (χ1n) is 7.50. The second-order valence-electron chi connectivity index (χ2n) is 5.27. The van der Waals surface area contributed by atoms with Gasteiger partial charge < -0.3 is 20.5 Å². The van der Waals surface area contributed by atoms with Crippen LogP contribution in [0.1, 0.15) is 12.5 Å². The SMILES string of the molecule is COCC(C)NC(N)=NCc1ccc(Oc2cccc(F)c2)nc1.I. The van der Waals surface area contributed by atoms with Gasteiger partial charge in [-0.1, -0.05) is 12.1 Å². The van der Waals surface area contributed by atoms with E-state index in [9.17, 15) is 4.39 Å². The molecule has 1 unspecified atom stereocenters. The van der Waals surface area contributed by atoms with Crippen molar-refractivity contribution in [2.75, 3.05) is 13.7 Å². The molecule has 0 fully saturated rings. The molecule has 0 saturated carbocycles. The number of methoxy groups -OCH3 is 1. The Morgan fingerprint density at radius 2 is 2.16 bits per heavy atom. The highest BCUT2D eigenvalue weighted by atomic mass is 127. The van der Waals surface area contributed by atoms with Gasteiger partial charge in [0.05, 0.1) is 13.2 Å². The van der Waals surface area contributed by atoms with Crippen molar-refractivity contribution in [1.82, 2.24) is 10.3 Å². The van der Waals surface area contributed by atoms with E-state index in [0.717, 1.165) is 5.56 Å². The van der Waals surface area contributed by atoms with Gasteiger partial charge in [-0.05, 0) is 24.6 Å². The molecule has 0 aliphatic rings. The number of guanidine groups is 1. The van der Waals surface area contributed by atoms with Crippen LogP contribution in [-0.2, 0) is 11.3 Å². The maximum absolute atomic E-state index is 13.1. The zero-order chi connectivity index (χ0) is 17.4. The third kappa shape index (κ3) is 7.65. The number of benzene rings is 1. The van der Waals surface area contributed by atoms with Gasteiger partial charge in [-0.2, -0.15) is 0 Å². The maximum atomic E-state index is 13.1.